The lowest BCUT2D eigenvalue weighted by Gasteiger charge is -2.26. The number of anilines is 1. The molecule has 2 aromatic rings. The Balaban J connectivity index is 1.70. The van der Waals surface area contributed by atoms with Crippen LogP contribution in [-0.2, 0) is 20.8 Å². The molecule has 1 heterocycles. The summed E-state index contributed by atoms with van der Waals surface area (Å²) in [7, 11) is -2.95. The second kappa shape index (κ2) is 8.51. The second-order valence-corrected chi connectivity index (χ2v) is 10.6. The first-order chi connectivity index (χ1) is 16.0. The standard InChI is InChI=1S/C23H22F3N3O4S/c1-33-16-8-6-15(7-9-16)29-13-17(12-19(29)21(30)28-22(14-27)10-11-22)34(31,32)20-5-3-2-4-18(20)23(24,25)26/h2-9,17,19H,10-13H2,1H3,(H,28,30)/t17-,19+/m1/s1. The zero-order chi connectivity index (χ0) is 24.7. The van der Waals surface area contributed by atoms with Gasteiger partial charge >= 0.3 is 6.18 Å². The maximum absolute atomic E-state index is 13.5. The van der Waals surface area contributed by atoms with Crippen molar-refractivity contribution in [1.29, 1.82) is 5.26 Å². The lowest BCUT2D eigenvalue weighted by Crippen LogP contribution is -2.47. The van der Waals surface area contributed by atoms with Crippen LogP contribution in [0.25, 0.3) is 0 Å². The van der Waals surface area contributed by atoms with Gasteiger partial charge in [0.25, 0.3) is 0 Å². The predicted octanol–water partition coefficient (Wildman–Crippen LogP) is 3.31. The largest absolute Gasteiger partial charge is 0.497 e. The molecule has 1 saturated heterocycles. The van der Waals surface area contributed by atoms with E-state index in [1.165, 1.54) is 13.2 Å². The smallest absolute Gasteiger partial charge is 0.417 e. The van der Waals surface area contributed by atoms with Crippen LogP contribution in [0.15, 0.2) is 53.4 Å². The highest BCUT2D eigenvalue weighted by molar-refractivity contribution is 7.92. The van der Waals surface area contributed by atoms with E-state index in [4.69, 9.17) is 4.74 Å². The molecule has 0 unspecified atom stereocenters. The van der Waals surface area contributed by atoms with Crippen LogP contribution >= 0.6 is 0 Å². The van der Waals surface area contributed by atoms with E-state index in [9.17, 15) is 31.6 Å². The Bertz CT molecular complexity index is 1240. The zero-order valence-electron chi connectivity index (χ0n) is 18.2. The van der Waals surface area contributed by atoms with Crippen LogP contribution in [0.1, 0.15) is 24.8 Å². The number of nitrogens with one attached hydrogen (secondary N) is 1. The lowest BCUT2D eigenvalue weighted by molar-refractivity contribution is -0.139. The fraction of sp³-hybridized carbons (Fsp3) is 0.391. The van der Waals surface area contributed by atoms with Crippen molar-refractivity contribution in [3.8, 4) is 11.8 Å². The van der Waals surface area contributed by atoms with E-state index in [2.05, 4.69) is 11.4 Å². The fourth-order valence-corrected chi connectivity index (χ4v) is 6.08. The van der Waals surface area contributed by atoms with Crippen molar-refractivity contribution in [2.45, 2.75) is 47.2 Å². The molecular formula is C23H22F3N3O4S. The van der Waals surface area contributed by atoms with Crippen LogP contribution in [0.3, 0.4) is 0 Å². The number of methoxy groups -OCH3 is 1. The van der Waals surface area contributed by atoms with E-state index in [1.807, 2.05) is 0 Å². The fourth-order valence-electron chi connectivity index (χ4n) is 4.17. The summed E-state index contributed by atoms with van der Waals surface area (Å²) in [5.41, 5.74) is -1.69. The highest BCUT2D eigenvalue weighted by atomic mass is 32.2. The van der Waals surface area contributed by atoms with Gasteiger partial charge in [-0.25, -0.2) is 8.42 Å². The van der Waals surface area contributed by atoms with Crippen LogP contribution in [0.4, 0.5) is 18.9 Å². The third-order valence-corrected chi connectivity index (χ3v) is 8.42. The van der Waals surface area contributed by atoms with Gasteiger partial charge in [-0.05, 0) is 55.7 Å². The quantitative estimate of drug-likeness (QED) is 0.663. The third kappa shape index (κ3) is 4.42. The van der Waals surface area contributed by atoms with Gasteiger partial charge in [-0.1, -0.05) is 12.1 Å². The topological polar surface area (TPSA) is 99.5 Å². The zero-order valence-corrected chi connectivity index (χ0v) is 19.0. The summed E-state index contributed by atoms with van der Waals surface area (Å²) in [6.07, 6.45) is -4.08. The van der Waals surface area contributed by atoms with E-state index < -0.39 is 49.2 Å². The molecule has 0 bridgehead atoms. The van der Waals surface area contributed by atoms with Gasteiger partial charge in [0, 0.05) is 12.2 Å². The number of carbonyl (C=O) groups excluding carboxylic acids is 1. The lowest BCUT2D eigenvalue weighted by atomic mass is 10.1. The number of rotatable bonds is 6. The number of alkyl halides is 3. The molecule has 4 rings (SSSR count). The third-order valence-electron chi connectivity index (χ3n) is 6.23. The maximum atomic E-state index is 13.5. The summed E-state index contributed by atoms with van der Waals surface area (Å²) in [5, 5.41) is 10.8. The van der Waals surface area contributed by atoms with Crippen molar-refractivity contribution in [2.24, 2.45) is 0 Å². The molecule has 0 spiro atoms. The Labute approximate surface area is 195 Å². The molecule has 2 fully saturated rings. The summed E-state index contributed by atoms with van der Waals surface area (Å²) >= 11 is 0. The normalized spacial score (nSPS) is 21.6. The van der Waals surface area contributed by atoms with E-state index in [0.29, 0.717) is 24.3 Å². The van der Waals surface area contributed by atoms with Gasteiger partial charge in [0.1, 0.15) is 17.3 Å². The molecule has 7 nitrogen and oxygen atoms in total. The first-order valence-corrected chi connectivity index (χ1v) is 12.1. The molecule has 0 radical (unpaired) electrons. The van der Waals surface area contributed by atoms with Crippen molar-refractivity contribution in [2.75, 3.05) is 18.6 Å². The minimum Gasteiger partial charge on any atom is -0.497 e. The maximum Gasteiger partial charge on any atom is 0.417 e. The summed E-state index contributed by atoms with van der Waals surface area (Å²) in [6.45, 7) is -0.182. The highest BCUT2D eigenvalue weighted by Gasteiger charge is 2.50. The average molecular weight is 494 g/mol. The number of hydrogen-bond donors (Lipinski definition) is 1. The van der Waals surface area contributed by atoms with Crippen LogP contribution in [-0.4, -0.2) is 44.8 Å². The second-order valence-electron chi connectivity index (χ2n) is 8.45. The van der Waals surface area contributed by atoms with Gasteiger partial charge in [0.2, 0.25) is 5.91 Å². The van der Waals surface area contributed by atoms with Crippen LogP contribution in [0, 0.1) is 11.3 Å². The van der Waals surface area contributed by atoms with E-state index in [-0.39, 0.29) is 13.0 Å². The van der Waals surface area contributed by atoms with Gasteiger partial charge in [0.05, 0.1) is 28.9 Å². The average Bonchev–Trinajstić information content (AvgIpc) is 3.43. The Morgan fingerprint density at radius 3 is 2.38 bits per heavy atom. The predicted molar refractivity (Wildman–Crippen MR) is 117 cm³/mol. The van der Waals surface area contributed by atoms with Gasteiger partial charge < -0.3 is 15.0 Å². The van der Waals surface area contributed by atoms with Crippen molar-refractivity contribution in [3.05, 3.63) is 54.1 Å². The minimum atomic E-state index is -4.85. The SMILES string of the molecule is COc1ccc(N2C[C@H](S(=O)(=O)c3ccccc3C(F)(F)F)C[C@H]2C(=O)NC2(C#N)CC2)cc1. The number of nitrogens with zero attached hydrogens (tertiary/aromatic N) is 2. The first-order valence-electron chi connectivity index (χ1n) is 10.5. The van der Waals surface area contributed by atoms with Crippen LogP contribution < -0.4 is 15.0 Å². The number of nitriles is 1. The van der Waals surface area contributed by atoms with Crippen molar-refractivity contribution in [1.82, 2.24) is 5.32 Å². The van der Waals surface area contributed by atoms with Crippen molar-refractivity contribution >= 4 is 21.4 Å². The van der Waals surface area contributed by atoms with Gasteiger partial charge in [0.15, 0.2) is 9.84 Å². The molecule has 180 valence electrons. The number of hydrogen-bond acceptors (Lipinski definition) is 6. The number of halogens is 3. The van der Waals surface area contributed by atoms with Gasteiger partial charge in [-0.2, -0.15) is 18.4 Å². The van der Waals surface area contributed by atoms with Crippen LogP contribution in [0.2, 0.25) is 0 Å². The number of amides is 1. The Morgan fingerprint density at radius 1 is 1.18 bits per heavy atom. The first kappa shape index (κ1) is 23.9. The number of carbonyl (C=O) groups is 1. The van der Waals surface area contributed by atoms with Gasteiger partial charge in [-0.15, -0.1) is 0 Å². The summed E-state index contributed by atoms with van der Waals surface area (Å²) in [5.74, 6) is 0.0188. The molecule has 2 aromatic carbocycles. The van der Waals surface area contributed by atoms with Crippen molar-refractivity contribution in [3.63, 3.8) is 0 Å². The van der Waals surface area contributed by atoms with E-state index >= 15 is 0 Å². The molecule has 1 N–H and O–H groups in total. The van der Waals surface area contributed by atoms with Crippen LogP contribution in [0.5, 0.6) is 5.75 Å². The molecular weight excluding hydrogens is 471 g/mol. The number of ether oxygens (including phenoxy) is 1. The summed E-state index contributed by atoms with van der Waals surface area (Å²) in [4.78, 5) is 13.8. The van der Waals surface area contributed by atoms with E-state index in [1.54, 1.807) is 29.2 Å². The molecule has 1 aliphatic heterocycles. The monoisotopic (exact) mass is 493 g/mol. The molecule has 34 heavy (non-hydrogen) atoms. The minimum absolute atomic E-state index is 0.182. The number of benzene rings is 2. The molecule has 1 amide bonds. The highest BCUT2D eigenvalue weighted by Crippen LogP contribution is 2.40. The summed E-state index contributed by atoms with van der Waals surface area (Å²) < 4.78 is 72.5. The Morgan fingerprint density at radius 2 is 1.82 bits per heavy atom. The molecule has 2 atom stereocenters. The van der Waals surface area contributed by atoms with Gasteiger partial charge in [-0.3, -0.25) is 4.79 Å². The molecule has 2 aliphatic rings. The van der Waals surface area contributed by atoms with Crippen molar-refractivity contribution < 1.29 is 31.1 Å². The molecule has 1 saturated carbocycles. The molecule has 1 aliphatic carbocycles. The molecule has 11 heteroatoms. The summed E-state index contributed by atoms with van der Waals surface area (Å²) in [6, 6.07) is 11.7. The van der Waals surface area contributed by atoms with E-state index in [0.717, 1.165) is 18.2 Å². The number of sulfone groups is 1. The Kier molecular flexibility index (Phi) is 5.97. The Hall–Kier alpha value is -3.26. The molecule has 0 aromatic heterocycles.